The van der Waals surface area contributed by atoms with Crippen LogP contribution in [0.4, 0.5) is 4.39 Å². The molecular weight excluding hydrogens is 259 g/mol. The van der Waals surface area contributed by atoms with Crippen molar-refractivity contribution in [3.63, 3.8) is 0 Å². The predicted molar refractivity (Wildman–Crippen MR) is 73.3 cm³/mol. The van der Waals surface area contributed by atoms with Gasteiger partial charge < -0.3 is 10.2 Å². The Balaban J connectivity index is 2.30. The molecular formula is C15H19FN2O2. The van der Waals surface area contributed by atoms with Crippen molar-refractivity contribution in [3.05, 3.63) is 35.6 Å². The molecule has 1 aromatic rings. The Morgan fingerprint density at radius 3 is 2.45 bits per heavy atom. The number of nitrogens with zero attached hydrogens (tertiary/aromatic N) is 1. The molecule has 3 unspecified atom stereocenters. The molecule has 0 aliphatic carbocycles. The average molecular weight is 278 g/mol. The maximum absolute atomic E-state index is 13.0. The summed E-state index contributed by atoms with van der Waals surface area (Å²) in [7, 11) is 0. The standard InChI is InChI=1S/C15H19FN2O2/c1-4-13-15(20)18(10(3)14(19)17-13)9(2)11-5-7-12(16)8-6-11/h5-10,13H,4H2,1-3H3,(H,17,19). The number of carbonyl (C=O) groups is 2. The van der Waals surface area contributed by atoms with E-state index in [1.807, 2.05) is 13.8 Å². The normalized spacial score (nSPS) is 24.5. The first-order valence-electron chi connectivity index (χ1n) is 6.83. The second-order valence-electron chi connectivity index (χ2n) is 5.12. The molecule has 1 aromatic carbocycles. The number of nitrogens with one attached hydrogen (secondary N) is 1. The number of halogens is 1. The van der Waals surface area contributed by atoms with Crippen LogP contribution in [0.25, 0.3) is 0 Å². The van der Waals surface area contributed by atoms with Gasteiger partial charge in [0.2, 0.25) is 11.8 Å². The zero-order chi connectivity index (χ0) is 14.9. The maximum Gasteiger partial charge on any atom is 0.246 e. The van der Waals surface area contributed by atoms with Gasteiger partial charge in [-0.2, -0.15) is 0 Å². The van der Waals surface area contributed by atoms with Gasteiger partial charge in [-0.05, 0) is 38.0 Å². The van der Waals surface area contributed by atoms with Crippen molar-refractivity contribution in [1.82, 2.24) is 10.2 Å². The van der Waals surface area contributed by atoms with Gasteiger partial charge >= 0.3 is 0 Å². The number of piperazine rings is 1. The van der Waals surface area contributed by atoms with Gasteiger partial charge in [0.25, 0.3) is 0 Å². The van der Waals surface area contributed by atoms with Crippen molar-refractivity contribution in [3.8, 4) is 0 Å². The highest BCUT2D eigenvalue weighted by Crippen LogP contribution is 2.26. The highest BCUT2D eigenvalue weighted by molar-refractivity contribution is 5.96. The molecule has 0 saturated carbocycles. The molecule has 2 amide bonds. The number of rotatable bonds is 3. The summed E-state index contributed by atoms with van der Waals surface area (Å²) >= 11 is 0. The molecule has 1 heterocycles. The molecule has 0 radical (unpaired) electrons. The lowest BCUT2D eigenvalue weighted by Gasteiger charge is -2.41. The minimum absolute atomic E-state index is 0.0866. The highest BCUT2D eigenvalue weighted by atomic mass is 19.1. The van der Waals surface area contributed by atoms with E-state index in [4.69, 9.17) is 0 Å². The van der Waals surface area contributed by atoms with Crippen molar-refractivity contribution >= 4 is 11.8 Å². The Hall–Kier alpha value is -1.91. The number of hydrogen-bond donors (Lipinski definition) is 1. The van der Waals surface area contributed by atoms with Crippen LogP contribution in [-0.4, -0.2) is 28.8 Å². The zero-order valence-corrected chi connectivity index (χ0v) is 11.9. The van der Waals surface area contributed by atoms with E-state index in [-0.39, 0.29) is 23.7 Å². The molecule has 0 spiro atoms. The van der Waals surface area contributed by atoms with E-state index >= 15 is 0 Å². The second-order valence-corrected chi connectivity index (χ2v) is 5.12. The van der Waals surface area contributed by atoms with Gasteiger partial charge in [0, 0.05) is 0 Å². The van der Waals surface area contributed by atoms with E-state index in [9.17, 15) is 14.0 Å². The quantitative estimate of drug-likeness (QED) is 0.919. The lowest BCUT2D eigenvalue weighted by molar-refractivity contribution is -0.151. The molecule has 3 atom stereocenters. The van der Waals surface area contributed by atoms with Crippen LogP contribution in [0.2, 0.25) is 0 Å². The second kappa shape index (κ2) is 5.61. The molecule has 108 valence electrons. The molecule has 4 nitrogen and oxygen atoms in total. The Morgan fingerprint density at radius 1 is 1.30 bits per heavy atom. The van der Waals surface area contributed by atoms with Crippen molar-refractivity contribution in [2.45, 2.75) is 45.3 Å². The van der Waals surface area contributed by atoms with Crippen LogP contribution in [0.1, 0.15) is 38.8 Å². The van der Waals surface area contributed by atoms with Gasteiger partial charge in [-0.3, -0.25) is 9.59 Å². The van der Waals surface area contributed by atoms with Crippen LogP contribution in [-0.2, 0) is 9.59 Å². The Morgan fingerprint density at radius 2 is 1.90 bits per heavy atom. The first-order valence-corrected chi connectivity index (χ1v) is 6.83. The topological polar surface area (TPSA) is 49.4 Å². The number of carbonyl (C=O) groups excluding carboxylic acids is 2. The van der Waals surface area contributed by atoms with Crippen LogP contribution >= 0.6 is 0 Å². The van der Waals surface area contributed by atoms with Crippen LogP contribution in [0.15, 0.2) is 24.3 Å². The number of amides is 2. The minimum Gasteiger partial charge on any atom is -0.343 e. The summed E-state index contributed by atoms with van der Waals surface area (Å²) in [6, 6.07) is 4.76. The fraction of sp³-hybridized carbons (Fsp3) is 0.467. The summed E-state index contributed by atoms with van der Waals surface area (Å²) in [5.41, 5.74) is 0.816. The van der Waals surface area contributed by atoms with E-state index in [1.165, 1.54) is 12.1 Å². The molecule has 1 aliphatic rings. The average Bonchev–Trinajstić information content (AvgIpc) is 2.43. The first-order chi connectivity index (χ1) is 9.45. The fourth-order valence-electron chi connectivity index (χ4n) is 2.56. The number of benzene rings is 1. The molecule has 5 heteroatoms. The van der Waals surface area contributed by atoms with Crippen LogP contribution in [0.3, 0.4) is 0 Å². The Labute approximate surface area is 118 Å². The summed E-state index contributed by atoms with van der Waals surface area (Å²) in [5, 5.41) is 2.72. The molecule has 1 N–H and O–H groups in total. The molecule has 1 aliphatic heterocycles. The van der Waals surface area contributed by atoms with Gasteiger partial charge in [0.1, 0.15) is 17.9 Å². The zero-order valence-electron chi connectivity index (χ0n) is 11.9. The highest BCUT2D eigenvalue weighted by Gasteiger charge is 2.39. The SMILES string of the molecule is CCC1NC(=O)C(C)N(C(C)c2ccc(F)cc2)C1=O. The number of hydrogen-bond acceptors (Lipinski definition) is 2. The van der Waals surface area contributed by atoms with Crippen LogP contribution in [0, 0.1) is 5.82 Å². The van der Waals surface area contributed by atoms with Gasteiger partial charge in [0.05, 0.1) is 6.04 Å². The van der Waals surface area contributed by atoms with Gasteiger partial charge in [-0.15, -0.1) is 0 Å². The molecule has 2 rings (SSSR count). The Bertz CT molecular complexity index is 515. The smallest absolute Gasteiger partial charge is 0.246 e. The lowest BCUT2D eigenvalue weighted by atomic mass is 10.00. The van der Waals surface area contributed by atoms with Gasteiger partial charge in [-0.1, -0.05) is 19.1 Å². The summed E-state index contributed by atoms with van der Waals surface area (Å²) in [6.07, 6.45) is 0.559. The summed E-state index contributed by atoms with van der Waals surface area (Å²) < 4.78 is 13.0. The third-order valence-corrected chi connectivity index (χ3v) is 3.84. The van der Waals surface area contributed by atoms with E-state index in [2.05, 4.69) is 5.32 Å². The van der Waals surface area contributed by atoms with Gasteiger partial charge in [-0.25, -0.2) is 4.39 Å². The first kappa shape index (κ1) is 14.5. The lowest BCUT2D eigenvalue weighted by Crippen LogP contribution is -2.62. The van der Waals surface area contributed by atoms with E-state index in [1.54, 1.807) is 24.0 Å². The summed E-state index contributed by atoms with van der Waals surface area (Å²) in [4.78, 5) is 26.0. The van der Waals surface area contributed by atoms with Crippen molar-refractivity contribution < 1.29 is 14.0 Å². The summed E-state index contributed by atoms with van der Waals surface area (Å²) in [6.45, 7) is 5.42. The van der Waals surface area contributed by atoms with Crippen molar-refractivity contribution in [2.75, 3.05) is 0 Å². The van der Waals surface area contributed by atoms with E-state index in [0.29, 0.717) is 6.42 Å². The van der Waals surface area contributed by atoms with Crippen molar-refractivity contribution in [1.29, 1.82) is 0 Å². The van der Waals surface area contributed by atoms with Crippen LogP contribution in [0.5, 0.6) is 0 Å². The predicted octanol–water partition coefficient (Wildman–Crippen LogP) is 2.01. The van der Waals surface area contributed by atoms with E-state index < -0.39 is 12.1 Å². The molecule has 1 fully saturated rings. The molecule has 0 aromatic heterocycles. The molecule has 0 bridgehead atoms. The van der Waals surface area contributed by atoms with Gasteiger partial charge in [0.15, 0.2) is 0 Å². The summed E-state index contributed by atoms with van der Waals surface area (Å²) in [5.74, 6) is -0.551. The van der Waals surface area contributed by atoms with Crippen molar-refractivity contribution in [2.24, 2.45) is 0 Å². The monoisotopic (exact) mass is 278 g/mol. The molecule has 1 saturated heterocycles. The third-order valence-electron chi connectivity index (χ3n) is 3.84. The van der Waals surface area contributed by atoms with E-state index in [0.717, 1.165) is 5.56 Å². The maximum atomic E-state index is 13.0. The Kier molecular flexibility index (Phi) is 4.06. The largest absolute Gasteiger partial charge is 0.343 e. The third kappa shape index (κ3) is 2.53. The minimum atomic E-state index is -0.523. The van der Waals surface area contributed by atoms with Crippen LogP contribution < -0.4 is 5.32 Å². The molecule has 20 heavy (non-hydrogen) atoms. The fourth-order valence-corrected chi connectivity index (χ4v) is 2.56.